The molecule has 31 heavy (non-hydrogen) atoms. The lowest BCUT2D eigenvalue weighted by Crippen LogP contribution is -2.36. The summed E-state index contributed by atoms with van der Waals surface area (Å²) >= 11 is 0. The molecule has 0 aliphatic carbocycles. The Bertz CT molecular complexity index is 1050. The minimum atomic E-state index is -0.305. The largest absolute Gasteiger partial charge is 0.351 e. The quantitative estimate of drug-likeness (QED) is 0.567. The van der Waals surface area contributed by atoms with Crippen molar-refractivity contribution in [3.8, 4) is 0 Å². The highest BCUT2D eigenvalue weighted by Gasteiger charge is 2.35. The molecule has 160 valence electrons. The van der Waals surface area contributed by atoms with Crippen molar-refractivity contribution >= 4 is 17.5 Å². The number of aromatic nitrogens is 1. The van der Waals surface area contributed by atoms with Crippen LogP contribution in [0.5, 0.6) is 0 Å². The number of carbonyl (C=O) groups is 2. The number of carbonyl (C=O) groups excluding carboxylic acids is 2. The molecule has 0 spiro atoms. The minimum Gasteiger partial charge on any atom is -0.351 e. The number of aryl methyl sites for hydroxylation is 1. The van der Waals surface area contributed by atoms with Gasteiger partial charge in [0.15, 0.2) is 0 Å². The van der Waals surface area contributed by atoms with Crippen LogP contribution >= 0.6 is 0 Å². The first-order valence-corrected chi connectivity index (χ1v) is 10.1. The van der Waals surface area contributed by atoms with Crippen molar-refractivity contribution in [2.24, 2.45) is 5.92 Å². The fraction of sp³-hybridized carbons (Fsp3) is 0.261. The van der Waals surface area contributed by atoms with Crippen molar-refractivity contribution in [3.63, 3.8) is 0 Å². The summed E-state index contributed by atoms with van der Waals surface area (Å²) in [6.45, 7) is 2.68. The molecular formula is C23H25N5O3. The first kappa shape index (κ1) is 20.8. The Balaban J connectivity index is 1.39. The van der Waals surface area contributed by atoms with E-state index < -0.39 is 0 Å². The third-order valence-electron chi connectivity index (χ3n) is 5.42. The number of para-hydroxylation sites is 1. The van der Waals surface area contributed by atoms with E-state index in [1.807, 2.05) is 54.6 Å². The molecule has 2 heterocycles. The molecule has 2 aromatic carbocycles. The SMILES string of the molecule is Cc1cc(C(=O)NCc2ccc(C3NNCC3C(=O)N(C)c3ccccc3)cc2)on1. The lowest BCUT2D eigenvalue weighted by molar-refractivity contribution is -0.122. The molecule has 3 N–H and O–H groups in total. The number of rotatable bonds is 6. The van der Waals surface area contributed by atoms with Crippen LogP contribution in [0.25, 0.3) is 0 Å². The maximum atomic E-state index is 13.1. The Labute approximate surface area is 180 Å². The minimum absolute atomic E-state index is 0.0485. The van der Waals surface area contributed by atoms with Gasteiger partial charge in [-0.15, -0.1) is 0 Å². The van der Waals surface area contributed by atoms with Gasteiger partial charge in [-0.05, 0) is 30.2 Å². The first-order valence-electron chi connectivity index (χ1n) is 10.1. The van der Waals surface area contributed by atoms with E-state index in [4.69, 9.17) is 4.52 Å². The van der Waals surface area contributed by atoms with Crippen LogP contribution in [-0.2, 0) is 11.3 Å². The molecule has 2 unspecified atom stereocenters. The first-order chi connectivity index (χ1) is 15.0. The molecule has 8 heteroatoms. The molecule has 2 amide bonds. The van der Waals surface area contributed by atoms with E-state index in [0.717, 1.165) is 16.8 Å². The molecule has 0 radical (unpaired) electrons. The van der Waals surface area contributed by atoms with E-state index in [9.17, 15) is 9.59 Å². The third kappa shape index (κ3) is 4.65. The summed E-state index contributed by atoms with van der Waals surface area (Å²) in [6.07, 6.45) is 0. The Morgan fingerprint density at radius 2 is 1.90 bits per heavy atom. The molecule has 1 aliphatic heterocycles. The second-order valence-corrected chi connectivity index (χ2v) is 7.60. The van der Waals surface area contributed by atoms with Crippen LogP contribution in [0.2, 0.25) is 0 Å². The van der Waals surface area contributed by atoms with Gasteiger partial charge in [0.25, 0.3) is 5.91 Å². The predicted molar refractivity (Wildman–Crippen MR) is 116 cm³/mol. The van der Waals surface area contributed by atoms with Crippen molar-refractivity contribution in [2.75, 3.05) is 18.5 Å². The van der Waals surface area contributed by atoms with Crippen LogP contribution in [0, 0.1) is 12.8 Å². The van der Waals surface area contributed by atoms with Crippen molar-refractivity contribution in [2.45, 2.75) is 19.5 Å². The Morgan fingerprint density at radius 3 is 2.58 bits per heavy atom. The zero-order valence-corrected chi connectivity index (χ0v) is 17.5. The number of anilines is 1. The number of amides is 2. The lowest BCUT2D eigenvalue weighted by atomic mass is 9.93. The maximum absolute atomic E-state index is 13.1. The van der Waals surface area contributed by atoms with Gasteiger partial charge in [-0.25, -0.2) is 5.43 Å². The predicted octanol–water partition coefficient (Wildman–Crippen LogP) is 2.34. The van der Waals surface area contributed by atoms with Gasteiger partial charge in [-0.3, -0.25) is 15.0 Å². The molecule has 1 fully saturated rings. The van der Waals surface area contributed by atoms with E-state index in [0.29, 0.717) is 18.8 Å². The van der Waals surface area contributed by atoms with Gasteiger partial charge in [-0.2, -0.15) is 0 Å². The molecule has 0 saturated carbocycles. The molecule has 1 aromatic heterocycles. The van der Waals surface area contributed by atoms with Gasteiger partial charge in [0.2, 0.25) is 11.7 Å². The summed E-state index contributed by atoms with van der Waals surface area (Å²) in [5.41, 5.74) is 9.81. The normalized spacial score (nSPS) is 18.0. The summed E-state index contributed by atoms with van der Waals surface area (Å²) < 4.78 is 4.97. The Kier molecular flexibility index (Phi) is 6.11. The Hall–Kier alpha value is -3.49. The number of hydrogen-bond donors (Lipinski definition) is 3. The average Bonchev–Trinajstić information content (AvgIpc) is 3.47. The van der Waals surface area contributed by atoms with Gasteiger partial charge >= 0.3 is 0 Å². The van der Waals surface area contributed by atoms with Gasteiger partial charge in [0.1, 0.15) is 0 Å². The highest BCUT2D eigenvalue weighted by molar-refractivity contribution is 5.95. The fourth-order valence-corrected chi connectivity index (χ4v) is 3.65. The molecule has 1 saturated heterocycles. The summed E-state index contributed by atoms with van der Waals surface area (Å²) in [5.74, 6) is -0.293. The number of benzene rings is 2. The van der Waals surface area contributed by atoms with Crippen molar-refractivity contribution in [1.82, 2.24) is 21.3 Å². The van der Waals surface area contributed by atoms with Crippen LogP contribution < -0.4 is 21.1 Å². The summed E-state index contributed by atoms with van der Waals surface area (Å²) in [5, 5.41) is 6.54. The third-order valence-corrected chi connectivity index (χ3v) is 5.42. The van der Waals surface area contributed by atoms with Crippen molar-refractivity contribution in [3.05, 3.63) is 83.2 Å². The molecule has 8 nitrogen and oxygen atoms in total. The van der Waals surface area contributed by atoms with E-state index in [1.165, 1.54) is 0 Å². The molecule has 1 aliphatic rings. The molecule has 4 rings (SSSR count). The molecule has 2 atom stereocenters. The standard InChI is InChI=1S/C23H25N5O3/c1-15-12-20(31-27-15)22(29)24-13-16-8-10-17(11-9-16)21-19(14-25-26-21)23(30)28(2)18-6-4-3-5-7-18/h3-12,19,21,25-26H,13-14H2,1-2H3,(H,24,29). The smallest absolute Gasteiger partial charge is 0.290 e. The number of hydrogen-bond acceptors (Lipinski definition) is 6. The van der Waals surface area contributed by atoms with Gasteiger partial charge in [0.05, 0.1) is 17.7 Å². The molecule has 3 aromatic rings. The van der Waals surface area contributed by atoms with E-state index in [-0.39, 0.29) is 29.5 Å². The highest BCUT2D eigenvalue weighted by atomic mass is 16.5. The average molecular weight is 419 g/mol. The zero-order chi connectivity index (χ0) is 21.8. The van der Waals surface area contributed by atoms with Crippen LogP contribution in [0.4, 0.5) is 5.69 Å². The van der Waals surface area contributed by atoms with Crippen molar-refractivity contribution in [1.29, 1.82) is 0 Å². The van der Waals surface area contributed by atoms with E-state index in [1.54, 1.807) is 24.9 Å². The topological polar surface area (TPSA) is 99.5 Å². The van der Waals surface area contributed by atoms with E-state index in [2.05, 4.69) is 21.3 Å². The fourth-order valence-electron chi connectivity index (χ4n) is 3.65. The Morgan fingerprint density at radius 1 is 1.16 bits per heavy atom. The summed E-state index contributed by atoms with van der Waals surface area (Å²) in [7, 11) is 1.80. The zero-order valence-electron chi connectivity index (χ0n) is 17.5. The maximum Gasteiger partial charge on any atom is 0.290 e. The summed E-state index contributed by atoms with van der Waals surface area (Å²) in [6, 6.07) is 18.9. The van der Waals surface area contributed by atoms with Crippen LogP contribution in [-0.4, -0.2) is 30.6 Å². The van der Waals surface area contributed by atoms with Crippen LogP contribution in [0.1, 0.15) is 33.4 Å². The number of nitrogens with one attached hydrogen (secondary N) is 3. The van der Waals surface area contributed by atoms with Gasteiger partial charge in [0, 0.05) is 31.9 Å². The number of nitrogens with zero attached hydrogens (tertiary/aromatic N) is 2. The second-order valence-electron chi connectivity index (χ2n) is 7.60. The molecular weight excluding hydrogens is 394 g/mol. The monoisotopic (exact) mass is 419 g/mol. The lowest BCUT2D eigenvalue weighted by Gasteiger charge is -2.24. The second kappa shape index (κ2) is 9.11. The van der Waals surface area contributed by atoms with E-state index >= 15 is 0 Å². The van der Waals surface area contributed by atoms with Gasteiger partial charge in [-0.1, -0.05) is 47.6 Å². The van der Waals surface area contributed by atoms with Crippen molar-refractivity contribution < 1.29 is 14.1 Å². The van der Waals surface area contributed by atoms with Crippen LogP contribution in [0.15, 0.2) is 65.2 Å². The van der Waals surface area contributed by atoms with Gasteiger partial charge < -0.3 is 14.7 Å². The number of hydrazine groups is 1. The molecule has 0 bridgehead atoms. The summed E-state index contributed by atoms with van der Waals surface area (Å²) in [4.78, 5) is 26.9. The highest BCUT2D eigenvalue weighted by Crippen LogP contribution is 2.28. The van der Waals surface area contributed by atoms with Crippen LogP contribution in [0.3, 0.4) is 0 Å².